The van der Waals surface area contributed by atoms with Crippen LogP contribution in [0.1, 0.15) is 74.1 Å². The number of esters is 2. The Hall–Kier alpha value is -1.69. The molecule has 9 nitrogen and oxygen atoms in total. The normalized spacial score (nSPS) is 35.1. The monoisotopic (exact) mass is 600 g/mol. The molecule has 2 aliphatic rings. The number of allylic oxidation sites excluding steroid dienone is 2. The third kappa shape index (κ3) is 11.1. The van der Waals surface area contributed by atoms with E-state index in [9.17, 15) is 24.9 Å². The molecular weight excluding hydrogens is 548 g/mol. The van der Waals surface area contributed by atoms with Crippen molar-refractivity contribution in [3.8, 4) is 0 Å². The van der Waals surface area contributed by atoms with Crippen LogP contribution in [0.25, 0.3) is 0 Å². The molecule has 0 radical (unpaired) electrons. The average molecular weight is 601 g/mol. The van der Waals surface area contributed by atoms with Crippen molar-refractivity contribution >= 4 is 25.4 Å². The molecule has 0 aromatic rings. The highest BCUT2D eigenvalue weighted by molar-refractivity contribution is 7.59. The van der Waals surface area contributed by atoms with Crippen molar-refractivity contribution in [2.24, 2.45) is 17.8 Å². The van der Waals surface area contributed by atoms with Gasteiger partial charge in [-0.3, -0.25) is 9.59 Å². The van der Waals surface area contributed by atoms with Gasteiger partial charge in [0.05, 0.1) is 30.8 Å². The third-order valence-corrected chi connectivity index (χ3v) is 8.09. The van der Waals surface area contributed by atoms with Crippen molar-refractivity contribution in [1.29, 1.82) is 0 Å². The zero-order valence-electron chi connectivity index (χ0n) is 25.8. The van der Waals surface area contributed by atoms with Gasteiger partial charge in [0.2, 0.25) is 0 Å². The molecule has 41 heavy (non-hydrogen) atoms. The van der Waals surface area contributed by atoms with Crippen LogP contribution in [0.4, 0.5) is 0 Å². The first-order chi connectivity index (χ1) is 18.7. The van der Waals surface area contributed by atoms with Gasteiger partial charge in [0.25, 0.3) is 0 Å². The molecule has 10 heteroatoms. The highest BCUT2D eigenvalue weighted by Crippen LogP contribution is 2.37. The minimum absolute atomic E-state index is 0. The van der Waals surface area contributed by atoms with Gasteiger partial charge in [-0.05, 0) is 44.8 Å². The molecule has 0 bridgehead atoms. The lowest BCUT2D eigenvalue weighted by atomic mass is 9.88. The predicted octanol–water partition coefficient (Wildman–Crippen LogP) is 3.76. The Labute approximate surface area is 252 Å². The Kier molecular flexibility index (Phi) is 15.3. The van der Waals surface area contributed by atoms with E-state index in [1.54, 1.807) is 26.2 Å². The summed E-state index contributed by atoms with van der Waals surface area (Å²) in [6, 6.07) is 0. The molecule has 3 N–H and O–H groups in total. The first-order valence-electron chi connectivity index (χ1n) is 14.4. The maximum Gasteiger partial charge on any atom is 0.309 e. The van der Waals surface area contributed by atoms with Crippen LogP contribution in [0.3, 0.4) is 0 Å². The van der Waals surface area contributed by atoms with E-state index in [4.69, 9.17) is 18.9 Å². The highest BCUT2D eigenvalue weighted by atomic mass is 32.1. The summed E-state index contributed by atoms with van der Waals surface area (Å²) in [6.45, 7) is 12.6. The summed E-state index contributed by atoms with van der Waals surface area (Å²) >= 11 is 0. The van der Waals surface area contributed by atoms with E-state index < -0.39 is 42.0 Å². The quantitative estimate of drug-likeness (QED) is 0.148. The van der Waals surface area contributed by atoms with Gasteiger partial charge in [0, 0.05) is 31.8 Å². The molecule has 0 spiro atoms. The summed E-state index contributed by atoms with van der Waals surface area (Å²) in [5, 5.41) is 32.2. The fraction of sp³-hybridized carbons (Fsp3) is 0.742. The summed E-state index contributed by atoms with van der Waals surface area (Å²) in [6.07, 6.45) is 6.42. The van der Waals surface area contributed by atoms with Gasteiger partial charge in [-0.25, -0.2) is 0 Å². The number of methoxy groups -OCH3 is 1. The van der Waals surface area contributed by atoms with Crippen molar-refractivity contribution in [3.05, 3.63) is 36.0 Å². The average Bonchev–Trinajstić information content (AvgIpc) is 3.68. The number of aliphatic hydroxyl groups excluding tert-OH is 2. The zero-order chi connectivity index (χ0) is 30.2. The first-order valence-corrected chi connectivity index (χ1v) is 14.4. The van der Waals surface area contributed by atoms with E-state index in [-0.39, 0.29) is 68.8 Å². The summed E-state index contributed by atoms with van der Waals surface area (Å²) in [5.41, 5.74) is -0.666. The second-order valence-electron chi connectivity index (χ2n) is 11.7. The number of epoxide rings is 1. The van der Waals surface area contributed by atoms with Gasteiger partial charge in [0.1, 0.15) is 23.9 Å². The van der Waals surface area contributed by atoms with Crippen molar-refractivity contribution in [3.63, 3.8) is 0 Å². The molecule has 0 aromatic carbocycles. The van der Waals surface area contributed by atoms with Crippen LogP contribution in [0, 0.1) is 17.8 Å². The number of carbonyl (C=O) groups excluding carboxylic acids is 2. The Morgan fingerprint density at radius 1 is 1.24 bits per heavy atom. The van der Waals surface area contributed by atoms with Crippen LogP contribution in [0.5, 0.6) is 0 Å². The van der Waals surface area contributed by atoms with Gasteiger partial charge in [0.15, 0.2) is 0 Å². The lowest BCUT2D eigenvalue weighted by Crippen LogP contribution is -2.42. The number of cyclic esters (lactones) is 1. The zero-order valence-corrected chi connectivity index (χ0v) is 26.8. The van der Waals surface area contributed by atoms with Crippen molar-refractivity contribution in [2.45, 2.75) is 122 Å². The number of carbonyl (C=O) groups is 2. The first kappa shape index (κ1) is 37.3. The van der Waals surface area contributed by atoms with Gasteiger partial charge < -0.3 is 34.3 Å². The van der Waals surface area contributed by atoms with E-state index in [1.165, 1.54) is 6.92 Å². The summed E-state index contributed by atoms with van der Waals surface area (Å²) in [7, 11) is 1.69. The summed E-state index contributed by atoms with van der Waals surface area (Å²) in [5.74, 6) is -1.39. The maximum atomic E-state index is 12.6. The topological polar surface area (TPSA) is 135 Å². The number of rotatable bonds is 10. The summed E-state index contributed by atoms with van der Waals surface area (Å²) in [4.78, 5) is 24.3. The second-order valence-corrected chi connectivity index (χ2v) is 11.7. The predicted molar refractivity (Wildman–Crippen MR) is 162 cm³/mol. The van der Waals surface area contributed by atoms with Gasteiger partial charge in [-0.1, -0.05) is 52.0 Å². The number of hydrogen-bond donors (Lipinski definition) is 3. The molecule has 11 atom stereocenters. The standard InChI is InChI=1S/C31H50O9.H2S/c1-9-24(37-8)21(5)29-30(40-29)27(35)18(2)11-10-12-19(3)28-20(4)13-14-25(38-22(6)32)31(7,36)16-15-23(33)17-26(34)39-28;/h10-14,18,20-21,23-25,27-30,33,35-36H,9,15-17H2,1-8H3;1H2/b11-10+,14-13+,19-12+;/t18-,20+,21-,23-,24+,25+,27+,28-,29-,30-,31-;/m1./s1. The van der Waals surface area contributed by atoms with E-state index in [1.807, 2.05) is 39.0 Å². The van der Waals surface area contributed by atoms with Gasteiger partial charge >= 0.3 is 11.9 Å². The van der Waals surface area contributed by atoms with Crippen molar-refractivity contribution < 1.29 is 43.9 Å². The minimum Gasteiger partial charge on any atom is -0.457 e. The Balaban J connectivity index is 0.00000840. The molecule has 0 aromatic heterocycles. The van der Waals surface area contributed by atoms with E-state index in [0.717, 1.165) is 12.0 Å². The van der Waals surface area contributed by atoms with Crippen molar-refractivity contribution in [1.82, 2.24) is 0 Å². The third-order valence-electron chi connectivity index (χ3n) is 8.09. The van der Waals surface area contributed by atoms with Crippen LogP contribution in [0.2, 0.25) is 0 Å². The molecule has 236 valence electrons. The number of hydrogen-bond acceptors (Lipinski definition) is 9. The molecule has 2 rings (SSSR count). The summed E-state index contributed by atoms with van der Waals surface area (Å²) < 4.78 is 22.5. The molecule has 2 aliphatic heterocycles. The lowest BCUT2D eigenvalue weighted by molar-refractivity contribution is -0.157. The molecule has 0 unspecified atom stereocenters. The van der Waals surface area contributed by atoms with Gasteiger partial charge in [-0.2, -0.15) is 13.5 Å². The van der Waals surface area contributed by atoms with Crippen LogP contribution < -0.4 is 0 Å². The minimum atomic E-state index is -1.42. The van der Waals surface area contributed by atoms with E-state index >= 15 is 0 Å². The largest absolute Gasteiger partial charge is 0.457 e. The number of ether oxygens (including phenoxy) is 4. The maximum absolute atomic E-state index is 12.6. The Morgan fingerprint density at radius 2 is 1.90 bits per heavy atom. The molecule has 0 saturated carbocycles. The molecule has 1 saturated heterocycles. The Bertz CT molecular complexity index is 927. The van der Waals surface area contributed by atoms with Crippen molar-refractivity contribution in [2.75, 3.05) is 7.11 Å². The lowest BCUT2D eigenvalue weighted by Gasteiger charge is -2.32. The van der Waals surface area contributed by atoms with Crippen LogP contribution in [-0.2, 0) is 28.5 Å². The number of aliphatic hydroxyl groups is 3. The molecule has 0 aliphatic carbocycles. The Morgan fingerprint density at radius 3 is 2.49 bits per heavy atom. The van der Waals surface area contributed by atoms with E-state index in [0.29, 0.717) is 0 Å². The fourth-order valence-corrected chi connectivity index (χ4v) is 5.32. The van der Waals surface area contributed by atoms with E-state index in [2.05, 4.69) is 13.8 Å². The van der Waals surface area contributed by atoms with Crippen LogP contribution in [-0.4, -0.2) is 82.7 Å². The highest BCUT2D eigenvalue weighted by Gasteiger charge is 2.50. The second kappa shape index (κ2) is 16.8. The van der Waals surface area contributed by atoms with Crippen LogP contribution >= 0.6 is 13.5 Å². The van der Waals surface area contributed by atoms with Crippen LogP contribution in [0.15, 0.2) is 36.0 Å². The fourth-order valence-electron chi connectivity index (χ4n) is 5.32. The molecular formula is C31H52O9S. The van der Waals surface area contributed by atoms with Gasteiger partial charge in [-0.15, -0.1) is 0 Å². The molecule has 1 fully saturated rings. The smallest absolute Gasteiger partial charge is 0.309 e. The molecule has 2 heterocycles. The molecule has 0 amide bonds. The SMILES string of the molecule is CC[C@H](OC)[C@@H](C)[C@H]1O[C@@H]1[C@@H](O)[C@H](C)/C=C/C=C(\C)[C@H]1OC(=O)C[C@H](O)CC[C@@](C)(O)[C@@H](OC(C)=O)/C=C/[C@@H]1C.S.